The van der Waals surface area contributed by atoms with Crippen molar-refractivity contribution in [3.63, 3.8) is 0 Å². The van der Waals surface area contributed by atoms with Gasteiger partial charge in [-0.1, -0.05) is 49.6 Å². The zero-order valence-electron chi connectivity index (χ0n) is 19.0. The van der Waals surface area contributed by atoms with Crippen LogP contribution < -0.4 is 16.0 Å². The first-order chi connectivity index (χ1) is 15.7. The number of thiophene rings is 1. The maximum Gasteiger partial charge on any atom is 0.227 e. The van der Waals surface area contributed by atoms with Crippen molar-refractivity contribution in [1.29, 1.82) is 0 Å². The molecular formula is C25H33N5OS. The molecule has 32 heavy (non-hydrogen) atoms. The maximum atomic E-state index is 13.1. The second kappa shape index (κ2) is 10.9. The Balaban J connectivity index is 0.000000775. The standard InChI is InChI=1S/C23H26N4OS.C2H7N/c28-22(24-13-15-7-3-1-4-8-15)17-11-12-18-19(17)20-21(25-14-26-23(20)29-18)27-16-9-5-2-6-10-16;1-3-2/h1,3-4,7-8,14,16-17H,2,5-6,9-13H2,(H,24,28)(H,25,26,27);3H,1-2H3. The van der Waals surface area contributed by atoms with Crippen LogP contribution in [0, 0.1) is 0 Å². The van der Waals surface area contributed by atoms with Crippen molar-refractivity contribution < 1.29 is 4.79 Å². The summed E-state index contributed by atoms with van der Waals surface area (Å²) in [6.07, 6.45) is 9.74. The first-order valence-electron chi connectivity index (χ1n) is 11.6. The average molecular weight is 452 g/mol. The molecule has 1 saturated carbocycles. The Bertz CT molecular complexity index is 1030. The minimum Gasteiger partial charge on any atom is -0.367 e. The summed E-state index contributed by atoms with van der Waals surface area (Å²) in [4.78, 5) is 24.5. The van der Waals surface area contributed by atoms with E-state index >= 15 is 0 Å². The summed E-state index contributed by atoms with van der Waals surface area (Å²) in [5.41, 5.74) is 2.28. The molecule has 5 rings (SSSR count). The van der Waals surface area contributed by atoms with Crippen molar-refractivity contribution in [2.45, 2.75) is 63.5 Å². The van der Waals surface area contributed by atoms with Crippen LogP contribution in [0.3, 0.4) is 0 Å². The van der Waals surface area contributed by atoms with Crippen molar-refractivity contribution in [1.82, 2.24) is 20.6 Å². The summed E-state index contributed by atoms with van der Waals surface area (Å²) in [5.74, 6) is 0.919. The molecule has 1 atom stereocenters. The van der Waals surface area contributed by atoms with Gasteiger partial charge in [0.15, 0.2) is 0 Å². The lowest BCUT2D eigenvalue weighted by molar-refractivity contribution is -0.122. The van der Waals surface area contributed by atoms with Crippen LogP contribution in [-0.4, -0.2) is 36.0 Å². The third kappa shape index (κ3) is 5.10. The van der Waals surface area contributed by atoms with E-state index in [1.807, 2.05) is 44.4 Å². The zero-order chi connectivity index (χ0) is 22.3. The number of nitrogens with zero attached hydrogens (tertiary/aromatic N) is 2. The van der Waals surface area contributed by atoms with E-state index in [2.05, 4.69) is 25.9 Å². The van der Waals surface area contributed by atoms with Crippen LogP contribution in [0.4, 0.5) is 5.82 Å². The predicted molar refractivity (Wildman–Crippen MR) is 132 cm³/mol. The molecule has 0 saturated heterocycles. The summed E-state index contributed by atoms with van der Waals surface area (Å²) >= 11 is 1.73. The van der Waals surface area contributed by atoms with E-state index in [-0.39, 0.29) is 11.8 Å². The number of aromatic nitrogens is 2. The molecular weight excluding hydrogens is 418 g/mol. The molecule has 0 bridgehead atoms. The number of rotatable bonds is 5. The van der Waals surface area contributed by atoms with Crippen molar-refractivity contribution in [2.75, 3.05) is 19.4 Å². The topological polar surface area (TPSA) is 78.9 Å². The maximum absolute atomic E-state index is 13.1. The molecule has 0 radical (unpaired) electrons. The fourth-order valence-corrected chi connectivity index (χ4v) is 5.91. The van der Waals surface area contributed by atoms with E-state index in [0.717, 1.165) is 40.0 Å². The SMILES string of the molecule is CNC.O=C(NCc1ccccc1)C1CCc2sc3ncnc(NC4CCCCC4)c3c21. The molecule has 6 nitrogen and oxygen atoms in total. The van der Waals surface area contributed by atoms with E-state index in [1.165, 1.54) is 37.0 Å². The monoisotopic (exact) mass is 451 g/mol. The van der Waals surface area contributed by atoms with Crippen molar-refractivity contribution >= 4 is 33.3 Å². The van der Waals surface area contributed by atoms with Gasteiger partial charge < -0.3 is 16.0 Å². The fourth-order valence-electron chi connectivity index (χ4n) is 4.69. The number of carbonyl (C=O) groups excluding carboxylic acids is 1. The Morgan fingerprint density at radius 3 is 2.56 bits per heavy atom. The highest BCUT2D eigenvalue weighted by Crippen LogP contribution is 2.45. The van der Waals surface area contributed by atoms with Crippen LogP contribution in [-0.2, 0) is 17.8 Å². The molecule has 0 spiro atoms. The number of carbonyl (C=O) groups is 1. The number of aryl methyl sites for hydroxylation is 1. The average Bonchev–Trinajstić information content (AvgIpc) is 3.39. The number of nitrogens with one attached hydrogen (secondary N) is 3. The Morgan fingerprint density at radius 1 is 1.06 bits per heavy atom. The second-order valence-corrected chi connectivity index (χ2v) is 9.70. The Labute approximate surface area is 194 Å². The molecule has 3 aromatic rings. The molecule has 170 valence electrons. The van der Waals surface area contributed by atoms with Crippen molar-refractivity contribution in [2.24, 2.45) is 0 Å². The van der Waals surface area contributed by atoms with E-state index in [4.69, 9.17) is 0 Å². The molecule has 1 aromatic carbocycles. The van der Waals surface area contributed by atoms with Crippen LogP contribution in [0.2, 0.25) is 0 Å². The summed E-state index contributed by atoms with van der Waals surface area (Å²) in [6, 6.07) is 10.6. The minimum atomic E-state index is -0.111. The molecule has 2 heterocycles. The summed E-state index contributed by atoms with van der Waals surface area (Å²) in [5, 5.41) is 10.7. The Hall–Kier alpha value is -2.51. The van der Waals surface area contributed by atoms with E-state index in [0.29, 0.717) is 12.6 Å². The smallest absolute Gasteiger partial charge is 0.227 e. The molecule has 1 unspecified atom stereocenters. The van der Waals surface area contributed by atoms with Crippen LogP contribution >= 0.6 is 11.3 Å². The van der Waals surface area contributed by atoms with Gasteiger partial charge in [0, 0.05) is 17.5 Å². The van der Waals surface area contributed by atoms with Gasteiger partial charge in [-0.15, -0.1) is 11.3 Å². The van der Waals surface area contributed by atoms with Gasteiger partial charge >= 0.3 is 0 Å². The van der Waals surface area contributed by atoms with Gasteiger partial charge in [0.05, 0.1) is 11.3 Å². The second-order valence-electron chi connectivity index (χ2n) is 8.62. The molecule has 1 fully saturated rings. The quantitative estimate of drug-likeness (QED) is 0.528. The number of amides is 1. The van der Waals surface area contributed by atoms with Gasteiger partial charge in [-0.05, 0) is 50.9 Å². The molecule has 2 aromatic heterocycles. The lowest BCUT2D eigenvalue weighted by atomic mass is 9.95. The first-order valence-corrected chi connectivity index (χ1v) is 12.5. The number of hydrogen-bond acceptors (Lipinski definition) is 6. The number of anilines is 1. The lowest BCUT2D eigenvalue weighted by Crippen LogP contribution is -2.28. The summed E-state index contributed by atoms with van der Waals surface area (Å²) in [6.45, 7) is 0.567. The molecule has 3 N–H and O–H groups in total. The molecule has 7 heteroatoms. The Kier molecular flexibility index (Phi) is 7.71. The lowest BCUT2D eigenvalue weighted by Gasteiger charge is -2.24. The van der Waals surface area contributed by atoms with E-state index < -0.39 is 0 Å². The van der Waals surface area contributed by atoms with Gasteiger partial charge in [-0.2, -0.15) is 0 Å². The highest BCUT2D eigenvalue weighted by Gasteiger charge is 2.34. The zero-order valence-corrected chi connectivity index (χ0v) is 19.8. The summed E-state index contributed by atoms with van der Waals surface area (Å²) in [7, 11) is 3.75. The third-order valence-corrected chi connectivity index (χ3v) is 7.36. The summed E-state index contributed by atoms with van der Waals surface area (Å²) < 4.78 is 0. The molecule has 2 aliphatic rings. The van der Waals surface area contributed by atoms with Gasteiger partial charge in [-0.25, -0.2) is 9.97 Å². The van der Waals surface area contributed by atoms with Gasteiger partial charge in [0.1, 0.15) is 17.0 Å². The van der Waals surface area contributed by atoms with Gasteiger partial charge in [-0.3, -0.25) is 4.79 Å². The highest BCUT2D eigenvalue weighted by atomic mass is 32.1. The van der Waals surface area contributed by atoms with Gasteiger partial charge in [0.2, 0.25) is 5.91 Å². The highest BCUT2D eigenvalue weighted by molar-refractivity contribution is 7.19. The van der Waals surface area contributed by atoms with Crippen molar-refractivity contribution in [3.8, 4) is 0 Å². The van der Waals surface area contributed by atoms with Crippen LogP contribution in [0.15, 0.2) is 36.7 Å². The predicted octanol–water partition coefficient (Wildman–Crippen LogP) is 4.62. The molecule has 1 amide bonds. The normalized spacial score (nSPS) is 18.0. The minimum absolute atomic E-state index is 0.111. The van der Waals surface area contributed by atoms with Crippen LogP contribution in [0.1, 0.15) is 60.4 Å². The first kappa shape index (κ1) is 22.7. The number of fused-ring (bicyclic) bond motifs is 3. The molecule has 0 aliphatic heterocycles. The van der Waals surface area contributed by atoms with E-state index in [1.54, 1.807) is 17.7 Å². The van der Waals surface area contributed by atoms with Crippen molar-refractivity contribution in [3.05, 3.63) is 52.7 Å². The van der Waals surface area contributed by atoms with Gasteiger partial charge in [0.25, 0.3) is 0 Å². The largest absolute Gasteiger partial charge is 0.367 e. The fraction of sp³-hybridized carbons (Fsp3) is 0.480. The number of benzene rings is 1. The third-order valence-electron chi connectivity index (χ3n) is 6.18. The van der Waals surface area contributed by atoms with Crippen LogP contribution in [0.5, 0.6) is 0 Å². The molecule has 2 aliphatic carbocycles. The van der Waals surface area contributed by atoms with Crippen LogP contribution in [0.25, 0.3) is 10.2 Å². The van der Waals surface area contributed by atoms with E-state index in [9.17, 15) is 4.79 Å². The number of hydrogen-bond donors (Lipinski definition) is 3. The Morgan fingerprint density at radius 2 is 1.81 bits per heavy atom.